The number of pyridine rings is 1. The Morgan fingerprint density at radius 1 is 1.60 bits per heavy atom. The van der Waals surface area contributed by atoms with Crippen LogP contribution in [0.2, 0.25) is 0 Å². The summed E-state index contributed by atoms with van der Waals surface area (Å²) in [4.78, 5) is 13.8. The first-order chi connectivity index (χ1) is 4.70. The summed E-state index contributed by atoms with van der Waals surface area (Å²) in [5.41, 5.74) is 0.0781. The number of hydrogen-bond acceptors (Lipinski definition) is 3. The molecule has 52 valence electrons. The minimum Gasteiger partial charge on any atom is -0.545 e. The Hall–Kier alpha value is -0.900. The molecule has 1 aromatic rings. The van der Waals surface area contributed by atoms with E-state index in [0.29, 0.717) is 4.47 Å². The SMILES string of the molecule is O=C([O-])c1cncc(Br)c1. The van der Waals surface area contributed by atoms with E-state index in [1.165, 1.54) is 18.5 Å². The summed E-state index contributed by atoms with van der Waals surface area (Å²) in [5.74, 6) is -1.21. The van der Waals surface area contributed by atoms with Gasteiger partial charge in [0.2, 0.25) is 0 Å². The molecule has 0 unspecified atom stereocenters. The molecular weight excluding hydrogens is 198 g/mol. The molecule has 0 saturated carbocycles. The van der Waals surface area contributed by atoms with E-state index < -0.39 is 5.97 Å². The standard InChI is InChI=1S/C6H4BrNO2/c7-5-1-4(6(9)10)2-8-3-5/h1-3H,(H,9,10)/p-1. The van der Waals surface area contributed by atoms with E-state index in [2.05, 4.69) is 20.9 Å². The van der Waals surface area contributed by atoms with Gasteiger partial charge in [-0.1, -0.05) is 0 Å². The predicted molar refractivity (Wildman–Crippen MR) is 36.3 cm³/mol. The number of aromatic nitrogens is 1. The highest BCUT2D eigenvalue weighted by Crippen LogP contribution is 2.08. The minimum absolute atomic E-state index is 0.0781. The molecule has 0 aliphatic rings. The molecule has 0 radical (unpaired) electrons. The first-order valence-corrected chi connectivity index (χ1v) is 3.31. The predicted octanol–water partition coefficient (Wildman–Crippen LogP) is 0.208. The van der Waals surface area contributed by atoms with Gasteiger partial charge in [0.05, 0.1) is 5.97 Å². The Bertz CT molecular complexity index is 262. The normalized spacial score (nSPS) is 9.30. The number of carboxylic acids is 1. The second kappa shape index (κ2) is 2.79. The molecule has 3 nitrogen and oxygen atoms in total. The van der Waals surface area contributed by atoms with Crippen molar-refractivity contribution in [3.63, 3.8) is 0 Å². The van der Waals surface area contributed by atoms with Crippen LogP contribution in [-0.2, 0) is 0 Å². The second-order valence-electron chi connectivity index (χ2n) is 1.68. The van der Waals surface area contributed by atoms with Gasteiger partial charge in [0.25, 0.3) is 0 Å². The molecule has 1 rings (SSSR count). The van der Waals surface area contributed by atoms with E-state index in [9.17, 15) is 9.90 Å². The Morgan fingerprint density at radius 3 is 2.70 bits per heavy atom. The van der Waals surface area contributed by atoms with Gasteiger partial charge in [-0.25, -0.2) is 0 Å². The Kier molecular flexibility index (Phi) is 2.01. The first-order valence-electron chi connectivity index (χ1n) is 2.52. The number of aromatic carboxylic acids is 1. The quantitative estimate of drug-likeness (QED) is 0.652. The van der Waals surface area contributed by atoms with Gasteiger partial charge in [0.1, 0.15) is 0 Å². The summed E-state index contributed by atoms with van der Waals surface area (Å²) in [6, 6.07) is 1.43. The largest absolute Gasteiger partial charge is 0.545 e. The lowest BCUT2D eigenvalue weighted by molar-refractivity contribution is -0.255. The Morgan fingerprint density at radius 2 is 2.30 bits per heavy atom. The van der Waals surface area contributed by atoms with Crippen LogP contribution in [0.1, 0.15) is 10.4 Å². The van der Waals surface area contributed by atoms with Crippen molar-refractivity contribution < 1.29 is 9.90 Å². The van der Waals surface area contributed by atoms with E-state index in [1.807, 2.05) is 0 Å². The van der Waals surface area contributed by atoms with E-state index >= 15 is 0 Å². The number of nitrogens with zero attached hydrogens (tertiary/aromatic N) is 1. The van der Waals surface area contributed by atoms with Crippen LogP contribution in [0.25, 0.3) is 0 Å². The fourth-order valence-corrected chi connectivity index (χ4v) is 0.888. The van der Waals surface area contributed by atoms with Gasteiger partial charge in [-0.15, -0.1) is 0 Å². The molecule has 0 N–H and O–H groups in total. The highest BCUT2D eigenvalue weighted by Gasteiger charge is 1.92. The van der Waals surface area contributed by atoms with Crippen LogP contribution < -0.4 is 5.11 Å². The monoisotopic (exact) mass is 200 g/mol. The third-order valence-corrected chi connectivity index (χ3v) is 1.37. The van der Waals surface area contributed by atoms with Crippen LogP contribution in [0.3, 0.4) is 0 Å². The van der Waals surface area contributed by atoms with Crippen molar-refractivity contribution in [3.05, 3.63) is 28.5 Å². The second-order valence-corrected chi connectivity index (χ2v) is 2.59. The number of carboxylic acid groups (broad SMARTS) is 1. The molecule has 0 aliphatic heterocycles. The fraction of sp³-hybridized carbons (Fsp3) is 0. The zero-order valence-electron chi connectivity index (χ0n) is 4.87. The van der Waals surface area contributed by atoms with Gasteiger partial charge in [0, 0.05) is 22.4 Å². The summed E-state index contributed by atoms with van der Waals surface area (Å²) in [6.07, 6.45) is 2.74. The Balaban J connectivity index is 3.07. The summed E-state index contributed by atoms with van der Waals surface area (Å²) in [6.45, 7) is 0. The summed E-state index contributed by atoms with van der Waals surface area (Å²) < 4.78 is 0.634. The van der Waals surface area contributed by atoms with Crippen molar-refractivity contribution in [3.8, 4) is 0 Å². The molecular formula is C6H3BrNO2-. The van der Waals surface area contributed by atoms with Crippen LogP contribution in [0.4, 0.5) is 0 Å². The van der Waals surface area contributed by atoms with E-state index in [1.54, 1.807) is 0 Å². The van der Waals surface area contributed by atoms with Gasteiger partial charge in [-0.05, 0) is 22.0 Å². The summed E-state index contributed by atoms with van der Waals surface area (Å²) in [5, 5.41) is 10.2. The molecule has 0 atom stereocenters. The Labute approximate surface area is 65.8 Å². The zero-order chi connectivity index (χ0) is 7.56. The molecule has 0 saturated heterocycles. The van der Waals surface area contributed by atoms with Gasteiger partial charge in [-0.3, -0.25) is 4.98 Å². The molecule has 0 spiro atoms. The maximum absolute atomic E-state index is 10.2. The highest BCUT2D eigenvalue weighted by atomic mass is 79.9. The number of carbonyl (C=O) groups is 1. The van der Waals surface area contributed by atoms with Gasteiger partial charge in [-0.2, -0.15) is 0 Å². The van der Waals surface area contributed by atoms with Crippen molar-refractivity contribution in [2.75, 3.05) is 0 Å². The van der Waals surface area contributed by atoms with Crippen LogP contribution in [-0.4, -0.2) is 11.0 Å². The van der Waals surface area contributed by atoms with Crippen LogP contribution in [0.15, 0.2) is 22.9 Å². The number of rotatable bonds is 1. The van der Waals surface area contributed by atoms with Gasteiger partial charge < -0.3 is 9.90 Å². The lowest BCUT2D eigenvalue weighted by atomic mass is 10.3. The summed E-state index contributed by atoms with van der Waals surface area (Å²) >= 11 is 3.08. The fourth-order valence-electron chi connectivity index (χ4n) is 0.523. The van der Waals surface area contributed by atoms with E-state index in [4.69, 9.17) is 0 Å². The highest BCUT2D eigenvalue weighted by molar-refractivity contribution is 9.10. The minimum atomic E-state index is -1.21. The molecule has 0 fully saturated rings. The van der Waals surface area contributed by atoms with Crippen LogP contribution in [0.5, 0.6) is 0 Å². The first kappa shape index (κ1) is 7.21. The van der Waals surface area contributed by atoms with E-state index in [0.717, 1.165) is 0 Å². The lowest BCUT2D eigenvalue weighted by Gasteiger charge is -1.99. The van der Waals surface area contributed by atoms with Crippen molar-refractivity contribution in [1.29, 1.82) is 0 Å². The number of carbonyl (C=O) groups excluding carboxylic acids is 1. The van der Waals surface area contributed by atoms with Crippen molar-refractivity contribution in [2.45, 2.75) is 0 Å². The molecule has 10 heavy (non-hydrogen) atoms. The van der Waals surface area contributed by atoms with Crippen molar-refractivity contribution in [1.82, 2.24) is 4.98 Å². The average Bonchev–Trinajstić information content (AvgIpc) is 1.88. The van der Waals surface area contributed by atoms with Crippen LogP contribution in [0, 0.1) is 0 Å². The summed E-state index contributed by atoms with van der Waals surface area (Å²) in [7, 11) is 0. The molecule has 0 bridgehead atoms. The third kappa shape index (κ3) is 1.54. The number of halogens is 1. The molecule has 1 heterocycles. The maximum atomic E-state index is 10.2. The molecule has 1 aromatic heterocycles. The topological polar surface area (TPSA) is 53.0 Å². The van der Waals surface area contributed by atoms with Gasteiger partial charge >= 0.3 is 0 Å². The smallest absolute Gasteiger partial charge is 0.0731 e. The van der Waals surface area contributed by atoms with Crippen molar-refractivity contribution in [2.24, 2.45) is 0 Å². The third-order valence-electron chi connectivity index (χ3n) is 0.941. The molecule has 0 aliphatic carbocycles. The molecule has 0 amide bonds. The number of hydrogen-bond donors (Lipinski definition) is 0. The average molecular weight is 201 g/mol. The van der Waals surface area contributed by atoms with Gasteiger partial charge in [0.15, 0.2) is 0 Å². The van der Waals surface area contributed by atoms with E-state index in [-0.39, 0.29) is 5.56 Å². The maximum Gasteiger partial charge on any atom is 0.0731 e. The molecule has 0 aromatic carbocycles. The van der Waals surface area contributed by atoms with Crippen LogP contribution >= 0.6 is 15.9 Å². The van der Waals surface area contributed by atoms with Crippen molar-refractivity contribution >= 4 is 21.9 Å². The lowest BCUT2D eigenvalue weighted by Crippen LogP contribution is -2.22. The zero-order valence-corrected chi connectivity index (χ0v) is 6.46. The molecule has 4 heteroatoms.